The minimum Gasteiger partial charge on any atom is -0.508 e. The summed E-state index contributed by atoms with van der Waals surface area (Å²) in [4.78, 5) is 33.0. The lowest BCUT2D eigenvalue weighted by molar-refractivity contribution is -0.140. The first-order chi connectivity index (χ1) is 19.5. The van der Waals surface area contributed by atoms with Gasteiger partial charge in [-0.15, -0.1) is 0 Å². The monoisotopic (exact) mass is 579 g/mol. The highest BCUT2D eigenvalue weighted by Gasteiger charge is 2.53. The predicted molar refractivity (Wildman–Crippen MR) is 152 cm³/mol. The summed E-state index contributed by atoms with van der Waals surface area (Å²) in [5.41, 5.74) is 1.28. The van der Waals surface area contributed by atoms with Gasteiger partial charge in [0, 0.05) is 28.8 Å². The van der Waals surface area contributed by atoms with Crippen molar-refractivity contribution >= 4 is 35.2 Å². The molecule has 6 rings (SSSR count). The lowest BCUT2D eigenvalue weighted by Gasteiger charge is -2.36. The number of carbonyl (C=O) groups excluding carboxylic acids is 2. The van der Waals surface area contributed by atoms with Gasteiger partial charge in [-0.3, -0.25) is 9.59 Å². The highest BCUT2D eigenvalue weighted by molar-refractivity contribution is 7.80. The molecule has 1 saturated heterocycles. The zero-order valence-corrected chi connectivity index (χ0v) is 23.2. The molecule has 0 radical (unpaired) electrons. The fourth-order valence-electron chi connectivity index (χ4n) is 4.77. The van der Waals surface area contributed by atoms with Gasteiger partial charge in [-0.25, -0.2) is 4.79 Å². The summed E-state index contributed by atoms with van der Waals surface area (Å²) in [6.45, 7) is 4.07. The van der Waals surface area contributed by atoms with E-state index in [0.29, 0.717) is 45.4 Å². The second kappa shape index (κ2) is 11.8. The van der Waals surface area contributed by atoms with Crippen LogP contribution in [0.4, 0.5) is 0 Å². The average molecular weight is 580 g/mol. The van der Waals surface area contributed by atoms with Crippen molar-refractivity contribution in [2.24, 2.45) is 5.92 Å². The molecule has 1 atom stereocenters. The van der Waals surface area contributed by atoms with Crippen LogP contribution in [0.15, 0.2) is 60.7 Å². The number of esters is 1. The number of hydrogen-bond acceptors (Lipinski definition) is 9. The maximum Gasteiger partial charge on any atom is 0.340 e. The number of likely N-dealkylation sites (N-methyl/N-ethyl adjacent to an activating group) is 1. The molecule has 0 saturated carbocycles. The number of phenolic OH excluding ortho intramolecular Hbond substituents is 2. The molecule has 3 aromatic rings. The molecule has 41 heavy (non-hydrogen) atoms. The van der Waals surface area contributed by atoms with Crippen LogP contribution >= 0.6 is 12.2 Å². The Morgan fingerprint density at radius 2 is 1.56 bits per heavy atom. The number of aliphatic carboxylic acids is 1. The molecule has 12 heteroatoms. The van der Waals surface area contributed by atoms with Crippen LogP contribution < -0.4 is 20.7 Å². The van der Waals surface area contributed by atoms with Gasteiger partial charge in [-0.1, -0.05) is 32.0 Å². The zero-order valence-electron chi connectivity index (χ0n) is 22.4. The SMILES string of the molecule is CNC(C(=O)O)C(C)C.O=C1CNC(=S)N1.O=C1OC2(c3ccc(O)cc3Oc3cc(O)ccc32)c2ccccc21. The molecule has 0 aliphatic carbocycles. The molecule has 6 N–H and O–H groups in total. The van der Waals surface area contributed by atoms with Crippen molar-refractivity contribution in [2.75, 3.05) is 13.6 Å². The predicted octanol–water partition coefficient (Wildman–Crippen LogP) is 2.97. The summed E-state index contributed by atoms with van der Waals surface area (Å²) < 4.78 is 11.8. The fraction of sp³-hybridized carbons (Fsp3) is 0.241. The number of thiocarbonyl (C=S) groups is 1. The van der Waals surface area contributed by atoms with E-state index in [2.05, 4.69) is 28.2 Å². The third kappa shape index (κ3) is 5.79. The lowest BCUT2D eigenvalue weighted by Crippen LogP contribution is -2.38. The standard InChI is InChI=1S/C20H12O5.C6H13NO2.C3H4N2OS/c21-11-5-7-15-17(9-11)24-18-10-12(22)6-8-16(18)20(15)14-4-2-1-3-13(14)19(23)25-20;1-4(2)5(7-3)6(8)9;6-2-1-4-3(7)5-2/h1-10,21-22H;4-5,7H,1-3H3,(H,8,9);1H2,(H2,4,5,6,7). The van der Waals surface area contributed by atoms with Crippen LogP contribution in [0.2, 0.25) is 0 Å². The van der Waals surface area contributed by atoms with Gasteiger partial charge in [-0.05, 0) is 55.5 Å². The van der Waals surface area contributed by atoms with Gasteiger partial charge in [-0.2, -0.15) is 0 Å². The molecule has 3 heterocycles. The molecule has 11 nitrogen and oxygen atoms in total. The van der Waals surface area contributed by atoms with Crippen LogP contribution in [0.3, 0.4) is 0 Å². The van der Waals surface area contributed by atoms with Crippen LogP contribution in [-0.4, -0.2) is 57.9 Å². The average Bonchev–Trinajstić information content (AvgIpc) is 3.44. The molecule has 1 spiro atoms. The maximum atomic E-state index is 12.5. The van der Waals surface area contributed by atoms with E-state index in [4.69, 9.17) is 14.6 Å². The quantitative estimate of drug-likeness (QED) is 0.199. The van der Waals surface area contributed by atoms with Gasteiger partial charge in [0.1, 0.15) is 29.0 Å². The number of phenols is 2. The van der Waals surface area contributed by atoms with Crippen molar-refractivity contribution in [3.05, 3.63) is 82.9 Å². The number of carbonyl (C=O) groups is 3. The topological polar surface area (TPSA) is 166 Å². The van der Waals surface area contributed by atoms with Crippen LogP contribution in [0.5, 0.6) is 23.0 Å². The second-order valence-electron chi connectivity index (χ2n) is 9.66. The minimum atomic E-state index is -1.17. The highest BCUT2D eigenvalue weighted by Crippen LogP contribution is 2.56. The van der Waals surface area contributed by atoms with Crippen molar-refractivity contribution < 1.29 is 39.2 Å². The smallest absolute Gasteiger partial charge is 0.340 e. The van der Waals surface area contributed by atoms with E-state index in [1.165, 1.54) is 24.3 Å². The van der Waals surface area contributed by atoms with Crippen molar-refractivity contribution in [1.82, 2.24) is 16.0 Å². The van der Waals surface area contributed by atoms with Crippen molar-refractivity contribution in [2.45, 2.75) is 25.5 Å². The first-order valence-electron chi connectivity index (χ1n) is 12.6. The van der Waals surface area contributed by atoms with Crippen LogP contribution in [0.1, 0.15) is 40.9 Å². The molecular weight excluding hydrogens is 550 g/mol. The normalized spacial score (nSPS) is 15.9. The van der Waals surface area contributed by atoms with Crippen LogP contribution in [0.25, 0.3) is 0 Å². The molecule has 3 aliphatic heterocycles. The molecule has 1 amide bonds. The number of rotatable bonds is 3. The molecule has 214 valence electrons. The summed E-state index contributed by atoms with van der Waals surface area (Å²) in [5, 5.41) is 36.3. The zero-order chi connectivity index (χ0) is 29.9. The number of ether oxygens (including phenoxy) is 2. The Bertz CT molecular complexity index is 1460. The van der Waals surface area contributed by atoms with Crippen LogP contribution in [0, 0.1) is 5.92 Å². The van der Waals surface area contributed by atoms with Crippen molar-refractivity contribution in [3.63, 3.8) is 0 Å². The Hall–Kier alpha value is -4.68. The number of aromatic hydroxyl groups is 2. The first kappa shape index (κ1) is 29.3. The molecule has 0 aromatic heterocycles. The second-order valence-corrected chi connectivity index (χ2v) is 10.1. The minimum absolute atomic E-state index is 0.0371. The first-order valence-corrected chi connectivity index (χ1v) is 13.0. The number of fused-ring (bicyclic) bond motifs is 6. The third-order valence-electron chi connectivity index (χ3n) is 6.59. The van der Waals surface area contributed by atoms with Gasteiger partial charge >= 0.3 is 11.9 Å². The summed E-state index contributed by atoms with van der Waals surface area (Å²) in [6, 6.07) is 16.2. The molecular formula is C29H29N3O8S. The lowest BCUT2D eigenvalue weighted by atomic mass is 9.77. The molecule has 1 unspecified atom stereocenters. The maximum absolute atomic E-state index is 12.5. The Balaban J connectivity index is 0.000000200. The fourth-order valence-corrected chi connectivity index (χ4v) is 4.96. The number of amides is 1. The molecule has 0 bridgehead atoms. The number of nitrogens with one attached hydrogen (secondary N) is 3. The van der Waals surface area contributed by atoms with E-state index < -0.39 is 23.6 Å². The summed E-state index contributed by atoms with van der Waals surface area (Å²) >= 11 is 4.55. The summed E-state index contributed by atoms with van der Waals surface area (Å²) in [5.74, 6) is -0.282. The largest absolute Gasteiger partial charge is 0.508 e. The number of carboxylic acids is 1. The van der Waals surface area contributed by atoms with E-state index in [9.17, 15) is 24.6 Å². The van der Waals surface area contributed by atoms with Crippen molar-refractivity contribution in [1.29, 1.82) is 0 Å². The van der Waals surface area contributed by atoms with E-state index in [0.717, 1.165) is 0 Å². The number of hydrogen-bond donors (Lipinski definition) is 6. The Morgan fingerprint density at radius 1 is 0.976 bits per heavy atom. The van der Waals surface area contributed by atoms with Gasteiger partial charge < -0.3 is 40.7 Å². The van der Waals surface area contributed by atoms with Gasteiger partial charge in [0.25, 0.3) is 0 Å². The van der Waals surface area contributed by atoms with E-state index in [1.54, 1.807) is 31.3 Å². The Kier molecular flexibility index (Phi) is 8.45. The van der Waals surface area contributed by atoms with Gasteiger partial charge in [0.05, 0.1) is 12.1 Å². The van der Waals surface area contributed by atoms with Crippen molar-refractivity contribution in [3.8, 4) is 23.0 Å². The number of carboxylic acid groups (broad SMARTS) is 1. The Morgan fingerprint density at radius 3 is 1.98 bits per heavy atom. The summed E-state index contributed by atoms with van der Waals surface area (Å²) in [7, 11) is 1.65. The van der Waals surface area contributed by atoms with Gasteiger partial charge in [0.15, 0.2) is 10.7 Å². The van der Waals surface area contributed by atoms with Gasteiger partial charge in [0.2, 0.25) is 5.91 Å². The Labute approximate surface area is 241 Å². The highest BCUT2D eigenvalue weighted by atomic mass is 32.1. The third-order valence-corrected chi connectivity index (χ3v) is 6.83. The van der Waals surface area contributed by atoms with E-state index >= 15 is 0 Å². The number of benzene rings is 3. The molecule has 3 aromatic carbocycles. The van der Waals surface area contributed by atoms with E-state index in [1.807, 2.05) is 26.0 Å². The molecule has 3 aliphatic rings. The molecule has 1 fully saturated rings. The van der Waals surface area contributed by atoms with E-state index in [-0.39, 0.29) is 23.3 Å². The summed E-state index contributed by atoms with van der Waals surface area (Å²) in [6.07, 6.45) is 0. The van der Waals surface area contributed by atoms with Crippen LogP contribution in [-0.2, 0) is 19.9 Å².